The summed E-state index contributed by atoms with van der Waals surface area (Å²) in [6.07, 6.45) is 1.49. The second-order valence-electron chi connectivity index (χ2n) is 4.29. The number of nitrogens with one attached hydrogen (secondary N) is 1. The van der Waals surface area contributed by atoms with E-state index in [1.807, 2.05) is 0 Å². The number of hydrogen-bond donors (Lipinski definition) is 2. The molecule has 1 unspecified atom stereocenters. The molecule has 2 rings (SSSR count). The lowest BCUT2D eigenvalue weighted by Crippen LogP contribution is -2.15. The zero-order valence-corrected chi connectivity index (χ0v) is 11.2. The van der Waals surface area contributed by atoms with Crippen molar-refractivity contribution in [1.82, 2.24) is 19.7 Å². The van der Waals surface area contributed by atoms with Crippen LogP contribution in [-0.2, 0) is 7.05 Å². The first-order valence-corrected chi connectivity index (χ1v) is 5.89. The fraction of sp³-hybridized carbons (Fsp3) is 0.273. The number of nitrogens with zero attached hydrogens (tertiary/aromatic N) is 5. The van der Waals surface area contributed by atoms with E-state index in [1.165, 1.54) is 6.33 Å². The fourth-order valence-corrected chi connectivity index (χ4v) is 1.78. The lowest BCUT2D eigenvalue weighted by atomic mass is 10.2. The van der Waals surface area contributed by atoms with Crippen molar-refractivity contribution >= 4 is 17.5 Å². The minimum atomic E-state index is -1.26. The van der Waals surface area contributed by atoms with Crippen LogP contribution in [0.25, 0.3) is 0 Å². The molecule has 10 nitrogen and oxygen atoms in total. The summed E-state index contributed by atoms with van der Waals surface area (Å²) in [6, 6.07) is 1.74. The van der Waals surface area contributed by atoms with Crippen LogP contribution in [0.15, 0.2) is 18.5 Å². The number of aromatic nitrogens is 4. The molecule has 0 spiro atoms. The molecule has 0 saturated heterocycles. The molecule has 0 aliphatic carbocycles. The van der Waals surface area contributed by atoms with Crippen molar-refractivity contribution in [3.63, 3.8) is 0 Å². The van der Waals surface area contributed by atoms with Crippen molar-refractivity contribution in [2.45, 2.75) is 13.0 Å². The highest BCUT2D eigenvalue weighted by Crippen LogP contribution is 2.25. The Hall–Kier alpha value is -3.04. The van der Waals surface area contributed by atoms with Crippen molar-refractivity contribution in [1.29, 1.82) is 0 Å². The Morgan fingerprint density at radius 3 is 2.76 bits per heavy atom. The summed E-state index contributed by atoms with van der Waals surface area (Å²) in [5.41, 5.74) is -0.595. The molecule has 0 saturated carbocycles. The molecular weight excluding hydrogens is 280 g/mol. The molecule has 2 aromatic rings. The summed E-state index contributed by atoms with van der Waals surface area (Å²) in [6.45, 7) is 1.71. The molecule has 2 heterocycles. The molecule has 0 aromatic carbocycles. The predicted molar refractivity (Wildman–Crippen MR) is 70.9 cm³/mol. The summed E-state index contributed by atoms with van der Waals surface area (Å²) in [5.74, 6) is -0.860. The standard InChI is InChI=1S/C11H12N6O4/c1-6(10-15-12-5-16(10)2)13-9-8(17(20)21)4-3-7(14-9)11(18)19/h3-6H,1-2H3,(H,13,14)(H,18,19). The summed E-state index contributed by atoms with van der Waals surface area (Å²) < 4.78 is 1.64. The summed E-state index contributed by atoms with van der Waals surface area (Å²) in [7, 11) is 1.73. The van der Waals surface area contributed by atoms with Gasteiger partial charge in [0.1, 0.15) is 6.33 Å². The molecule has 2 aromatic heterocycles. The third-order valence-corrected chi connectivity index (χ3v) is 2.78. The van der Waals surface area contributed by atoms with Crippen LogP contribution in [0.2, 0.25) is 0 Å². The topological polar surface area (TPSA) is 136 Å². The van der Waals surface area contributed by atoms with Crippen LogP contribution >= 0.6 is 0 Å². The van der Waals surface area contributed by atoms with Crippen LogP contribution in [-0.4, -0.2) is 35.7 Å². The number of hydrogen-bond acceptors (Lipinski definition) is 7. The first-order chi connectivity index (χ1) is 9.90. The van der Waals surface area contributed by atoms with Crippen molar-refractivity contribution in [2.75, 3.05) is 5.32 Å². The van der Waals surface area contributed by atoms with E-state index in [0.717, 1.165) is 12.1 Å². The van der Waals surface area contributed by atoms with Crippen molar-refractivity contribution < 1.29 is 14.8 Å². The van der Waals surface area contributed by atoms with E-state index >= 15 is 0 Å². The van der Waals surface area contributed by atoms with E-state index in [4.69, 9.17) is 5.11 Å². The van der Waals surface area contributed by atoms with Crippen molar-refractivity contribution in [3.05, 3.63) is 40.1 Å². The Morgan fingerprint density at radius 2 is 2.24 bits per heavy atom. The second-order valence-corrected chi connectivity index (χ2v) is 4.29. The highest BCUT2D eigenvalue weighted by molar-refractivity contribution is 5.86. The summed E-state index contributed by atoms with van der Waals surface area (Å²) in [5, 5.41) is 30.3. The van der Waals surface area contributed by atoms with Crippen LogP contribution in [0.1, 0.15) is 29.3 Å². The summed E-state index contributed by atoms with van der Waals surface area (Å²) >= 11 is 0. The zero-order chi connectivity index (χ0) is 15.6. The average Bonchev–Trinajstić information content (AvgIpc) is 2.84. The molecule has 21 heavy (non-hydrogen) atoms. The number of carbonyl (C=O) groups is 1. The Balaban J connectivity index is 2.37. The van der Waals surface area contributed by atoms with Gasteiger partial charge in [-0.1, -0.05) is 0 Å². The van der Waals surface area contributed by atoms with Gasteiger partial charge in [0.25, 0.3) is 0 Å². The van der Waals surface area contributed by atoms with Crippen molar-refractivity contribution in [2.24, 2.45) is 7.05 Å². The largest absolute Gasteiger partial charge is 0.477 e. The zero-order valence-electron chi connectivity index (χ0n) is 11.2. The van der Waals surface area contributed by atoms with Gasteiger partial charge in [-0.15, -0.1) is 10.2 Å². The molecule has 10 heteroatoms. The maximum atomic E-state index is 11.0. The Labute approximate surface area is 118 Å². The second kappa shape index (κ2) is 5.53. The quantitative estimate of drug-likeness (QED) is 0.615. The molecule has 1 atom stereocenters. The third-order valence-electron chi connectivity index (χ3n) is 2.78. The molecule has 0 aliphatic rings. The molecule has 0 bridgehead atoms. The van der Waals surface area contributed by atoms with E-state index in [0.29, 0.717) is 5.82 Å². The van der Waals surface area contributed by atoms with Gasteiger partial charge in [0, 0.05) is 13.1 Å². The van der Waals surface area contributed by atoms with Gasteiger partial charge >= 0.3 is 11.7 Å². The number of carboxylic acid groups (broad SMARTS) is 1. The highest BCUT2D eigenvalue weighted by Gasteiger charge is 2.21. The van der Waals surface area contributed by atoms with Crippen LogP contribution in [0.3, 0.4) is 0 Å². The Bertz CT molecular complexity index is 698. The van der Waals surface area contributed by atoms with Gasteiger partial charge in [-0.3, -0.25) is 10.1 Å². The molecule has 0 radical (unpaired) electrons. The SMILES string of the molecule is CC(Nc1nc(C(=O)O)ccc1[N+](=O)[O-])c1nncn1C. The lowest BCUT2D eigenvalue weighted by molar-refractivity contribution is -0.384. The van der Waals surface area contributed by atoms with Gasteiger partial charge in [-0.05, 0) is 13.0 Å². The number of anilines is 1. The van der Waals surface area contributed by atoms with E-state index in [9.17, 15) is 14.9 Å². The third kappa shape index (κ3) is 2.94. The van der Waals surface area contributed by atoms with Gasteiger partial charge in [0.15, 0.2) is 11.5 Å². The number of carboxylic acids is 1. The van der Waals surface area contributed by atoms with Gasteiger partial charge in [0.2, 0.25) is 5.82 Å². The van der Waals surface area contributed by atoms with Crippen LogP contribution < -0.4 is 5.32 Å². The van der Waals surface area contributed by atoms with Gasteiger partial charge in [-0.2, -0.15) is 0 Å². The van der Waals surface area contributed by atoms with E-state index in [-0.39, 0.29) is 17.2 Å². The van der Waals surface area contributed by atoms with E-state index < -0.39 is 16.9 Å². The summed E-state index contributed by atoms with van der Waals surface area (Å²) in [4.78, 5) is 25.0. The smallest absolute Gasteiger partial charge is 0.354 e. The minimum absolute atomic E-state index is 0.129. The van der Waals surface area contributed by atoms with Crippen LogP contribution in [0.4, 0.5) is 11.5 Å². The number of aromatic carboxylic acids is 1. The number of nitro groups is 1. The first kappa shape index (κ1) is 14.4. The van der Waals surface area contributed by atoms with E-state index in [2.05, 4.69) is 20.5 Å². The maximum Gasteiger partial charge on any atom is 0.354 e. The average molecular weight is 292 g/mol. The molecule has 2 N–H and O–H groups in total. The maximum absolute atomic E-state index is 11.0. The predicted octanol–water partition coefficient (Wildman–Crippen LogP) is 0.990. The fourth-order valence-electron chi connectivity index (χ4n) is 1.78. The number of aryl methyl sites for hydroxylation is 1. The molecule has 0 aliphatic heterocycles. The number of rotatable bonds is 5. The molecule has 110 valence electrons. The van der Waals surface area contributed by atoms with E-state index in [1.54, 1.807) is 18.5 Å². The van der Waals surface area contributed by atoms with Crippen LogP contribution in [0, 0.1) is 10.1 Å². The molecule has 0 amide bonds. The molecule has 0 fully saturated rings. The minimum Gasteiger partial charge on any atom is -0.477 e. The van der Waals surface area contributed by atoms with Gasteiger partial charge in [-0.25, -0.2) is 9.78 Å². The normalized spacial score (nSPS) is 11.9. The molecular formula is C11H12N6O4. The monoisotopic (exact) mass is 292 g/mol. The first-order valence-electron chi connectivity index (χ1n) is 5.89. The highest BCUT2D eigenvalue weighted by atomic mass is 16.6. The Morgan fingerprint density at radius 1 is 1.52 bits per heavy atom. The van der Waals surface area contributed by atoms with Gasteiger partial charge in [0.05, 0.1) is 11.0 Å². The number of pyridine rings is 1. The van der Waals surface area contributed by atoms with Gasteiger partial charge < -0.3 is 15.0 Å². The Kier molecular flexibility index (Phi) is 3.78. The van der Waals surface area contributed by atoms with Crippen LogP contribution in [0.5, 0.6) is 0 Å². The lowest BCUT2D eigenvalue weighted by Gasteiger charge is -2.13. The van der Waals surface area contributed by atoms with Crippen molar-refractivity contribution in [3.8, 4) is 0 Å².